The fraction of sp³-hybridized carbons (Fsp3) is 0.556. The second-order valence-corrected chi connectivity index (χ2v) is 3.06. The van der Waals surface area contributed by atoms with Crippen LogP contribution in [-0.4, -0.2) is 38.6 Å². The zero-order valence-electron chi connectivity index (χ0n) is 8.83. The van der Waals surface area contributed by atoms with Crippen molar-refractivity contribution in [2.45, 2.75) is 26.0 Å². The molecule has 1 N–H and O–H groups in total. The van der Waals surface area contributed by atoms with Crippen LogP contribution in [0.3, 0.4) is 0 Å². The van der Waals surface area contributed by atoms with Crippen LogP contribution in [-0.2, 0) is 16.1 Å². The molecule has 1 aromatic rings. The third kappa shape index (κ3) is 3.67. The first-order chi connectivity index (χ1) is 7.65. The van der Waals surface area contributed by atoms with E-state index in [1.807, 2.05) is 0 Å². The van der Waals surface area contributed by atoms with Crippen LogP contribution in [0.5, 0.6) is 0 Å². The van der Waals surface area contributed by atoms with Crippen molar-refractivity contribution in [2.75, 3.05) is 6.61 Å². The van der Waals surface area contributed by atoms with Crippen molar-refractivity contribution >= 4 is 5.97 Å². The first-order valence-electron chi connectivity index (χ1n) is 4.79. The minimum Gasteiger partial charge on any atom is -0.466 e. The normalized spacial score (nSPS) is 11.8. The highest BCUT2D eigenvalue weighted by Gasteiger charge is 2.13. The summed E-state index contributed by atoms with van der Waals surface area (Å²) >= 11 is 0. The van der Waals surface area contributed by atoms with Crippen molar-refractivity contribution in [1.82, 2.24) is 14.8 Å². The van der Waals surface area contributed by atoms with E-state index in [-0.39, 0.29) is 25.4 Å². The summed E-state index contributed by atoms with van der Waals surface area (Å²) in [5.41, 5.74) is 0. The van der Waals surface area contributed by atoms with E-state index in [1.54, 1.807) is 13.0 Å². The van der Waals surface area contributed by atoms with Crippen LogP contribution in [0.15, 0.2) is 6.33 Å². The summed E-state index contributed by atoms with van der Waals surface area (Å²) < 4.78 is 5.99. The SMILES string of the molecule is CCOC(=O)CC(O)Cn1cnc(C#N)n1. The van der Waals surface area contributed by atoms with Gasteiger partial charge in [-0.3, -0.25) is 4.79 Å². The van der Waals surface area contributed by atoms with E-state index in [0.29, 0.717) is 0 Å². The second-order valence-electron chi connectivity index (χ2n) is 3.06. The Balaban J connectivity index is 2.42. The van der Waals surface area contributed by atoms with Gasteiger partial charge in [0.2, 0.25) is 0 Å². The average Bonchev–Trinajstić information content (AvgIpc) is 2.65. The molecule has 7 heteroatoms. The van der Waals surface area contributed by atoms with Gasteiger partial charge in [0.1, 0.15) is 12.4 Å². The number of aliphatic hydroxyl groups excluding tert-OH is 1. The number of hydrogen-bond acceptors (Lipinski definition) is 6. The van der Waals surface area contributed by atoms with Crippen molar-refractivity contribution in [3.63, 3.8) is 0 Å². The molecule has 0 aliphatic rings. The van der Waals surface area contributed by atoms with Gasteiger partial charge in [-0.15, -0.1) is 5.10 Å². The van der Waals surface area contributed by atoms with Gasteiger partial charge in [0.15, 0.2) is 0 Å². The van der Waals surface area contributed by atoms with Gasteiger partial charge in [-0.2, -0.15) is 5.26 Å². The molecule has 7 nitrogen and oxygen atoms in total. The fourth-order valence-electron chi connectivity index (χ4n) is 1.13. The highest BCUT2D eigenvalue weighted by atomic mass is 16.5. The van der Waals surface area contributed by atoms with Crippen LogP contribution in [0.4, 0.5) is 0 Å². The summed E-state index contributed by atoms with van der Waals surface area (Å²) in [7, 11) is 0. The molecule has 16 heavy (non-hydrogen) atoms. The minimum absolute atomic E-state index is 0.0309. The van der Waals surface area contributed by atoms with Gasteiger partial charge in [0, 0.05) is 0 Å². The van der Waals surface area contributed by atoms with Crippen molar-refractivity contribution in [2.24, 2.45) is 0 Å². The Morgan fingerprint density at radius 1 is 1.81 bits per heavy atom. The number of rotatable bonds is 5. The van der Waals surface area contributed by atoms with E-state index in [4.69, 9.17) is 5.26 Å². The van der Waals surface area contributed by atoms with Crippen LogP contribution in [0.2, 0.25) is 0 Å². The van der Waals surface area contributed by atoms with Crippen LogP contribution in [0.1, 0.15) is 19.2 Å². The Morgan fingerprint density at radius 3 is 3.12 bits per heavy atom. The predicted octanol–water partition coefficient (Wildman–Crippen LogP) is -0.536. The van der Waals surface area contributed by atoms with E-state index in [9.17, 15) is 9.90 Å². The summed E-state index contributed by atoms with van der Waals surface area (Å²) in [6.45, 7) is 2.09. The summed E-state index contributed by atoms with van der Waals surface area (Å²) in [5, 5.41) is 21.7. The number of aromatic nitrogens is 3. The molecular weight excluding hydrogens is 212 g/mol. The number of esters is 1. The molecule has 0 saturated carbocycles. The van der Waals surface area contributed by atoms with Crippen molar-refractivity contribution in [3.8, 4) is 6.07 Å². The molecule has 0 aliphatic heterocycles. The number of carbonyl (C=O) groups is 1. The standard InChI is InChI=1S/C9H12N4O3/c1-2-16-9(15)3-7(14)5-13-6-11-8(4-10)12-13/h6-7,14H,2-3,5H2,1H3. The lowest BCUT2D eigenvalue weighted by molar-refractivity contribution is -0.145. The largest absolute Gasteiger partial charge is 0.466 e. The molecule has 0 fully saturated rings. The lowest BCUT2D eigenvalue weighted by Gasteiger charge is -2.08. The molecule has 0 spiro atoms. The van der Waals surface area contributed by atoms with Crippen molar-refractivity contribution in [3.05, 3.63) is 12.2 Å². The lowest BCUT2D eigenvalue weighted by atomic mass is 10.2. The Kier molecular flexibility index (Phi) is 4.42. The third-order valence-electron chi connectivity index (χ3n) is 1.74. The average molecular weight is 224 g/mol. The molecule has 0 amide bonds. The maximum atomic E-state index is 11.0. The van der Waals surface area contributed by atoms with Crippen LogP contribution in [0, 0.1) is 11.3 Å². The summed E-state index contributed by atoms with van der Waals surface area (Å²) in [6, 6.07) is 1.77. The summed E-state index contributed by atoms with van der Waals surface area (Å²) in [4.78, 5) is 14.7. The highest BCUT2D eigenvalue weighted by Crippen LogP contribution is 1.98. The number of carbonyl (C=O) groups excluding carboxylic acids is 1. The van der Waals surface area contributed by atoms with E-state index >= 15 is 0 Å². The molecule has 0 radical (unpaired) electrons. The lowest BCUT2D eigenvalue weighted by Crippen LogP contribution is -2.21. The van der Waals surface area contributed by atoms with Gasteiger partial charge in [-0.05, 0) is 6.92 Å². The van der Waals surface area contributed by atoms with Gasteiger partial charge in [0.25, 0.3) is 5.82 Å². The number of aliphatic hydroxyl groups is 1. The number of ether oxygens (including phenoxy) is 1. The Hall–Kier alpha value is -1.94. The second kappa shape index (κ2) is 5.82. The zero-order valence-corrected chi connectivity index (χ0v) is 8.83. The van der Waals surface area contributed by atoms with E-state index in [0.717, 1.165) is 0 Å². The molecule has 0 bridgehead atoms. The third-order valence-corrected chi connectivity index (χ3v) is 1.74. The van der Waals surface area contributed by atoms with Gasteiger partial charge in [-0.25, -0.2) is 9.67 Å². The monoisotopic (exact) mass is 224 g/mol. The molecule has 0 aliphatic carbocycles. The minimum atomic E-state index is -0.896. The molecule has 1 heterocycles. The van der Waals surface area contributed by atoms with Gasteiger partial charge in [0.05, 0.1) is 25.7 Å². The number of hydrogen-bond donors (Lipinski definition) is 1. The molecule has 1 aromatic heterocycles. The molecule has 86 valence electrons. The van der Waals surface area contributed by atoms with Crippen LogP contribution < -0.4 is 0 Å². The Labute approximate surface area is 92.3 Å². The molecule has 0 saturated heterocycles. The molecule has 0 aromatic carbocycles. The number of nitriles is 1. The summed E-state index contributed by atoms with van der Waals surface area (Å²) in [5.74, 6) is -0.432. The van der Waals surface area contributed by atoms with Gasteiger partial charge >= 0.3 is 5.97 Å². The van der Waals surface area contributed by atoms with E-state index in [2.05, 4.69) is 14.8 Å². The number of nitrogens with zero attached hydrogens (tertiary/aromatic N) is 4. The van der Waals surface area contributed by atoms with Gasteiger partial charge < -0.3 is 9.84 Å². The van der Waals surface area contributed by atoms with E-state index in [1.165, 1.54) is 11.0 Å². The van der Waals surface area contributed by atoms with E-state index < -0.39 is 12.1 Å². The quantitative estimate of drug-likeness (QED) is 0.674. The topological polar surface area (TPSA) is 101 Å². The molecule has 1 atom stereocenters. The molecular formula is C9H12N4O3. The van der Waals surface area contributed by atoms with Gasteiger partial charge in [-0.1, -0.05) is 0 Å². The first-order valence-corrected chi connectivity index (χ1v) is 4.79. The smallest absolute Gasteiger partial charge is 0.308 e. The predicted molar refractivity (Wildman–Crippen MR) is 52.0 cm³/mol. The maximum Gasteiger partial charge on any atom is 0.308 e. The highest BCUT2D eigenvalue weighted by molar-refractivity contribution is 5.69. The van der Waals surface area contributed by atoms with Crippen molar-refractivity contribution in [1.29, 1.82) is 5.26 Å². The maximum absolute atomic E-state index is 11.0. The van der Waals surface area contributed by atoms with Crippen molar-refractivity contribution < 1.29 is 14.6 Å². The Bertz CT molecular complexity index is 396. The van der Waals surface area contributed by atoms with Crippen LogP contribution in [0.25, 0.3) is 0 Å². The fourth-order valence-corrected chi connectivity index (χ4v) is 1.13. The first kappa shape index (κ1) is 12.1. The zero-order chi connectivity index (χ0) is 12.0. The molecule has 1 unspecified atom stereocenters. The summed E-state index contributed by atoms with van der Waals surface area (Å²) in [6.07, 6.45) is 0.329. The molecule has 1 rings (SSSR count). The Morgan fingerprint density at radius 2 is 2.56 bits per heavy atom. The van der Waals surface area contributed by atoms with Crippen LogP contribution >= 0.6 is 0 Å².